The smallest absolute Gasteiger partial charge is 0.265 e. The maximum atomic E-state index is 12.4. The number of H-pyrrole nitrogens is 1. The molecule has 2 amide bonds. The molecule has 4 rings (SSSR count). The van der Waals surface area contributed by atoms with Gasteiger partial charge in [0.2, 0.25) is 0 Å². The summed E-state index contributed by atoms with van der Waals surface area (Å²) in [6.45, 7) is 0. The van der Waals surface area contributed by atoms with Crippen LogP contribution in [0.25, 0.3) is 27.7 Å². The van der Waals surface area contributed by atoms with Gasteiger partial charge in [-0.15, -0.1) is 0 Å². The standard InChI is InChI=1S/C19H13BrN2O3/c1-25-11-8-6-10(7-9-11)17-14(12-4-2-3-5-13(12)21-17)15-16(20)19(24)22-18(15)23/h2-9,21H,1H3,(H,22,23,24). The summed E-state index contributed by atoms with van der Waals surface area (Å²) in [5.74, 6) is -0.0852. The number of carbonyl (C=O) groups is 2. The highest BCUT2D eigenvalue weighted by Crippen LogP contribution is 2.39. The number of ether oxygens (including phenoxy) is 1. The van der Waals surface area contributed by atoms with Gasteiger partial charge in [-0.2, -0.15) is 0 Å². The van der Waals surface area contributed by atoms with Crippen LogP contribution >= 0.6 is 15.9 Å². The second-order valence-electron chi connectivity index (χ2n) is 5.62. The number of hydrogen-bond acceptors (Lipinski definition) is 3. The van der Waals surface area contributed by atoms with E-state index >= 15 is 0 Å². The minimum absolute atomic E-state index is 0.247. The van der Waals surface area contributed by atoms with E-state index in [4.69, 9.17) is 4.74 Å². The summed E-state index contributed by atoms with van der Waals surface area (Å²) in [4.78, 5) is 27.6. The zero-order valence-electron chi connectivity index (χ0n) is 13.2. The van der Waals surface area contributed by atoms with Crippen molar-refractivity contribution in [3.63, 3.8) is 0 Å². The Morgan fingerprint density at radius 3 is 2.32 bits per heavy atom. The minimum atomic E-state index is -0.425. The summed E-state index contributed by atoms with van der Waals surface area (Å²) in [6.07, 6.45) is 0. The number of para-hydroxylation sites is 1. The van der Waals surface area contributed by atoms with Crippen LogP contribution in [0.2, 0.25) is 0 Å². The fourth-order valence-electron chi connectivity index (χ4n) is 3.03. The quantitative estimate of drug-likeness (QED) is 0.664. The van der Waals surface area contributed by atoms with Gasteiger partial charge in [-0.3, -0.25) is 14.9 Å². The molecule has 5 nitrogen and oxygen atoms in total. The van der Waals surface area contributed by atoms with E-state index in [1.54, 1.807) is 7.11 Å². The average Bonchev–Trinajstić information content (AvgIpc) is 3.12. The van der Waals surface area contributed by atoms with E-state index in [9.17, 15) is 9.59 Å². The Balaban J connectivity index is 2.02. The van der Waals surface area contributed by atoms with Crippen molar-refractivity contribution in [2.75, 3.05) is 7.11 Å². The van der Waals surface area contributed by atoms with E-state index in [0.717, 1.165) is 27.9 Å². The Kier molecular flexibility index (Phi) is 3.69. The third kappa shape index (κ3) is 2.46. The number of amides is 2. The van der Waals surface area contributed by atoms with Gasteiger partial charge in [-0.05, 0) is 51.8 Å². The topological polar surface area (TPSA) is 71.2 Å². The van der Waals surface area contributed by atoms with Crippen LogP contribution in [-0.4, -0.2) is 23.9 Å². The van der Waals surface area contributed by atoms with E-state index in [1.165, 1.54) is 0 Å². The van der Waals surface area contributed by atoms with Crippen LogP contribution in [0.15, 0.2) is 53.0 Å². The molecule has 1 aromatic heterocycles. The lowest BCUT2D eigenvalue weighted by Gasteiger charge is -2.07. The van der Waals surface area contributed by atoms with E-state index in [0.29, 0.717) is 11.1 Å². The second-order valence-corrected chi connectivity index (χ2v) is 6.41. The molecule has 6 heteroatoms. The number of fused-ring (bicyclic) bond motifs is 1. The van der Waals surface area contributed by atoms with Crippen molar-refractivity contribution >= 4 is 44.2 Å². The zero-order chi connectivity index (χ0) is 17.6. The van der Waals surface area contributed by atoms with Crippen molar-refractivity contribution in [3.8, 4) is 17.0 Å². The molecular weight excluding hydrogens is 384 g/mol. The highest BCUT2D eigenvalue weighted by Gasteiger charge is 2.33. The molecule has 0 aliphatic carbocycles. The number of carbonyl (C=O) groups excluding carboxylic acids is 2. The first kappa shape index (κ1) is 15.7. The molecule has 0 fully saturated rings. The summed E-state index contributed by atoms with van der Waals surface area (Å²) in [6, 6.07) is 15.2. The van der Waals surface area contributed by atoms with Crippen LogP contribution in [0, 0.1) is 0 Å². The van der Waals surface area contributed by atoms with Gasteiger partial charge in [0.1, 0.15) is 5.75 Å². The van der Waals surface area contributed by atoms with E-state index < -0.39 is 11.8 Å². The number of imide groups is 1. The van der Waals surface area contributed by atoms with Gasteiger partial charge in [0.15, 0.2) is 0 Å². The summed E-state index contributed by atoms with van der Waals surface area (Å²) in [5.41, 5.74) is 3.61. The average molecular weight is 397 g/mol. The summed E-state index contributed by atoms with van der Waals surface area (Å²) in [7, 11) is 1.61. The Hall–Kier alpha value is -2.86. The molecule has 25 heavy (non-hydrogen) atoms. The molecule has 3 aromatic rings. The predicted molar refractivity (Wildman–Crippen MR) is 99.3 cm³/mol. The maximum Gasteiger partial charge on any atom is 0.265 e. The number of hydrogen-bond donors (Lipinski definition) is 2. The molecule has 1 aliphatic heterocycles. The molecule has 0 spiro atoms. The molecule has 0 saturated carbocycles. The SMILES string of the molecule is COc1ccc(-c2[nH]c3ccccc3c2C2=C(Br)C(=O)NC2=O)cc1. The highest BCUT2D eigenvalue weighted by atomic mass is 79.9. The minimum Gasteiger partial charge on any atom is -0.497 e. The molecule has 124 valence electrons. The first-order valence-electron chi connectivity index (χ1n) is 7.61. The van der Waals surface area contributed by atoms with Crippen molar-refractivity contribution in [2.45, 2.75) is 0 Å². The zero-order valence-corrected chi connectivity index (χ0v) is 14.8. The molecule has 0 radical (unpaired) electrons. The molecule has 2 heterocycles. The monoisotopic (exact) mass is 396 g/mol. The lowest BCUT2D eigenvalue weighted by Crippen LogP contribution is -2.22. The number of aromatic nitrogens is 1. The van der Waals surface area contributed by atoms with Gasteiger partial charge in [-0.25, -0.2) is 0 Å². The van der Waals surface area contributed by atoms with Crippen LogP contribution in [0.1, 0.15) is 5.56 Å². The maximum absolute atomic E-state index is 12.4. The fraction of sp³-hybridized carbons (Fsp3) is 0.0526. The van der Waals surface area contributed by atoms with Crippen molar-refractivity contribution in [3.05, 3.63) is 58.6 Å². The lowest BCUT2D eigenvalue weighted by molar-refractivity contribution is -0.123. The molecule has 1 aliphatic rings. The van der Waals surface area contributed by atoms with Crippen molar-refractivity contribution in [1.82, 2.24) is 10.3 Å². The Morgan fingerprint density at radius 2 is 1.68 bits per heavy atom. The van der Waals surface area contributed by atoms with Crippen molar-refractivity contribution < 1.29 is 14.3 Å². The Morgan fingerprint density at radius 1 is 0.960 bits per heavy atom. The summed E-state index contributed by atoms with van der Waals surface area (Å²) in [5, 5.41) is 3.21. The van der Waals surface area contributed by atoms with Crippen molar-refractivity contribution in [1.29, 1.82) is 0 Å². The number of halogens is 1. The van der Waals surface area contributed by atoms with Gasteiger partial charge in [0, 0.05) is 16.5 Å². The van der Waals surface area contributed by atoms with Crippen LogP contribution in [0.3, 0.4) is 0 Å². The van der Waals surface area contributed by atoms with Gasteiger partial charge in [0.05, 0.1) is 22.9 Å². The normalized spacial score (nSPS) is 14.3. The van der Waals surface area contributed by atoms with E-state index in [1.807, 2.05) is 48.5 Å². The number of nitrogens with one attached hydrogen (secondary N) is 2. The van der Waals surface area contributed by atoms with Gasteiger partial charge >= 0.3 is 0 Å². The molecule has 0 saturated heterocycles. The largest absolute Gasteiger partial charge is 0.497 e. The second kappa shape index (κ2) is 5.89. The van der Waals surface area contributed by atoms with Gasteiger partial charge < -0.3 is 9.72 Å². The molecule has 2 aromatic carbocycles. The first-order valence-corrected chi connectivity index (χ1v) is 8.40. The van der Waals surface area contributed by atoms with Crippen LogP contribution < -0.4 is 10.1 Å². The predicted octanol–water partition coefficient (Wildman–Crippen LogP) is 3.61. The van der Waals surface area contributed by atoms with Gasteiger partial charge in [0.25, 0.3) is 11.8 Å². The number of benzene rings is 2. The Bertz CT molecular complexity index is 1050. The number of rotatable bonds is 3. The molecule has 0 atom stereocenters. The van der Waals surface area contributed by atoms with Crippen molar-refractivity contribution in [2.24, 2.45) is 0 Å². The summed E-state index contributed by atoms with van der Waals surface area (Å²) < 4.78 is 5.45. The van der Waals surface area contributed by atoms with Gasteiger partial charge in [-0.1, -0.05) is 18.2 Å². The Labute approximate surface area is 151 Å². The fourth-order valence-corrected chi connectivity index (χ4v) is 3.51. The third-order valence-corrected chi connectivity index (χ3v) is 4.96. The summed E-state index contributed by atoms with van der Waals surface area (Å²) >= 11 is 3.26. The molecule has 0 bridgehead atoms. The highest BCUT2D eigenvalue weighted by molar-refractivity contribution is 9.12. The number of aromatic amines is 1. The molecular formula is C19H13BrN2O3. The third-order valence-electron chi connectivity index (χ3n) is 4.21. The van der Waals surface area contributed by atoms with Crippen LogP contribution in [0.5, 0.6) is 5.75 Å². The van der Waals surface area contributed by atoms with Crippen LogP contribution in [0.4, 0.5) is 0 Å². The molecule has 0 unspecified atom stereocenters. The van der Waals surface area contributed by atoms with E-state index in [2.05, 4.69) is 26.2 Å². The van der Waals surface area contributed by atoms with Crippen LogP contribution in [-0.2, 0) is 9.59 Å². The lowest BCUT2D eigenvalue weighted by atomic mass is 9.98. The van der Waals surface area contributed by atoms with E-state index in [-0.39, 0.29) is 4.48 Å². The molecule has 2 N–H and O–H groups in total. The number of methoxy groups -OCH3 is 1. The first-order chi connectivity index (χ1) is 12.1.